The largest absolute Gasteiger partial charge is 1.00 e. The average Bonchev–Trinajstić information content (AvgIpc) is 2.68. The second-order valence-corrected chi connectivity index (χ2v) is 6.79. The van der Waals surface area contributed by atoms with Gasteiger partial charge in [-0.3, -0.25) is 0 Å². The van der Waals surface area contributed by atoms with Crippen molar-refractivity contribution in [1.29, 1.82) is 0 Å². The number of benzene rings is 3. The van der Waals surface area contributed by atoms with Gasteiger partial charge in [-0.05, 0) is 36.7 Å². The van der Waals surface area contributed by atoms with Crippen molar-refractivity contribution < 1.29 is 34.3 Å². The minimum atomic E-state index is 0. The van der Waals surface area contributed by atoms with E-state index in [1.165, 1.54) is 16.7 Å². The zero-order chi connectivity index (χ0) is 18.2. The van der Waals surface area contributed by atoms with Gasteiger partial charge in [0.05, 0.1) is 0 Å². The van der Waals surface area contributed by atoms with Gasteiger partial charge in [-0.1, -0.05) is 78.9 Å². The Kier molecular flexibility index (Phi) is 9.09. The van der Waals surface area contributed by atoms with Gasteiger partial charge in [-0.15, -0.1) is 0 Å². The molecule has 0 aliphatic carbocycles. The fraction of sp³-hybridized carbons (Fsp3) is 0.250. The summed E-state index contributed by atoms with van der Waals surface area (Å²) < 4.78 is 6.41. The van der Waals surface area contributed by atoms with E-state index in [4.69, 9.17) is 4.74 Å². The van der Waals surface area contributed by atoms with Crippen molar-refractivity contribution in [2.24, 2.45) is 0 Å². The van der Waals surface area contributed by atoms with Crippen LogP contribution in [-0.2, 0) is 6.54 Å². The van der Waals surface area contributed by atoms with Gasteiger partial charge in [0.2, 0.25) is 0 Å². The summed E-state index contributed by atoms with van der Waals surface area (Å²) in [5, 5.41) is 0. The van der Waals surface area contributed by atoms with Crippen LogP contribution < -0.4 is 34.3 Å². The second kappa shape index (κ2) is 11.3. The molecule has 0 aromatic heterocycles. The third-order valence-corrected chi connectivity index (χ3v) is 4.60. The van der Waals surface area contributed by atoms with Gasteiger partial charge in [0.15, 0.2) is 0 Å². The molecule has 0 radical (unpaired) electrons. The van der Waals surface area contributed by atoms with Crippen LogP contribution in [0.2, 0.25) is 0 Å². The van der Waals surface area contributed by atoms with Crippen LogP contribution in [-0.4, -0.2) is 18.5 Å². The number of ether oxygens (including phenoxy) is 1. The Morgan fingerprint density at radius 3 is 2.07 bits per heavy atom. The molecular formula is C24H27NNaO+. The summed E-state index contributed by atoms with van der Waals surface area (Å²) >= 11 is 0. The first-order valence-corrected chi connectivity index (χ1v) is 9.22. The van der Waals surface area contributed by atoms with E-state index in [0.29, 0.717) is 0 Å². The number of nitrogens with zero attached hydrogens (tertiary/aromatic N) is 1. The molecule has 0 spiro atoms. The molecule has 0 bridgehead atoms. The smallest absolute Gasteiger partial charge is 0.485 e. The molecule has 27 heavy (non-hydrogen) atoms. The SMILES string of the molecule is Cc1ccccc1O[C@H](CCN(C)Cc1ccccc1)c1ccccc1.[Na+]. The fourth-order valence-corrected chi connectivity index (χ4v) is 3.12. The molecule has 0 N–H and O–H groups in total. The predicted octanol–water partition coefficient (Wildman–Crippen LogP) is 2.64. The van der Waals surface area contributed by atoms with Crippen molar-refractivity contribution in [3.05, 3.63) is 102 Å². The molecule has 0 aliphatic heterocycles. The zero-order valence-electron chi connectivity index (χ0n) is 16.6. The van der Waals surface area contributed by atoms with Crippen LogP contribution in [0.5, 0.6) is 5.75 Å². The average molecular weight is 368 g/mol. The van der Waals surface area contributed by atoms with Crippen molar-refractivity contribution in [2.45, 2.75) is 26.0 Å². The maximum absolute atomic E-state index is 6.41. The molecule has 3 heteroatoms. The first-order chi connectivity index (χ1) is 12.7. The molecular weight excluding hydrogens is 341 g/mol. The van der Waals surface area contributed by atoms with Gasteiger partial charge in [0, 0.05) is 19.5 Å². The fourth-order valence-electron chi connectivity index (χ4n) is 3.12. The van der Waals surface area contributed by atoms with E-state index in [2.05, 4.69) is 91.7 Å². The summed E-state index contributed by atoms with van der Waals surface area (Å²) in [6.07, 6.45) is 0.998. The van der Waals surface area contributed by atoms with Crippen molar-refractivity contribution >= 4 is 0 Å². The molecule has 3 aromatic rings. The summed E-state index contributed by atoms with van der Waals surface area (Å²) in [6.45, 7) is 4.02. The molecule has 0 fully saturated rings. The van der Waals surface area contributed by atoms with Crippen LogP contribution in [0.15, 0.2) is 84.9 Å². The van der Waals surface area contributed by atoms with E-state index in [-0.39, 0.29) is 35.7 Å². The molecule has 1 atom stereocenters. The van der Waals surface area contributed by atoms with Gasteiger partial charge in [0.1, 0.15) is 11.9 Å². The maximum atomic E-state index is 6.41. The molecule has 0 saturated heterocycles. The second-order valence-electron chi connectivity index (χ2n) is 6.79. The molecule has 3 rings (SSSR count). The Labute approximate surface area is 185 Å². The van der Waals surface area contributed by atoms with Crippen LogP contribution in [0.4, 0.5) is 0 Å². The summed E-state index contributed by atoms with van der Waals surface area (Å²) in [5.74, 6) is 0.965. The van der Waals surface area contributed by atoms with Crippen molar-refractivity contribution in [3.8, 4) is 5.75 Å². The van der Waals surface area contributed by atoms with E-state index in [9.17, 15) is 0 Å². The molecule has 0 aliphatic rings. The minimum Gasteiger partial charge on any atom is -0.485 e. The minimum absolute atomic E-state index is 0. The van der Waals surface area contributed by atoms with Crippen LogP contribution in [0.3, 0.4) is 0 Å². The first kappa shape index (κ1) is 21.7. The molecule has 2 nitrogen and oxygen atoms in total. The Morgan fingerprint density at radius 2 is 1.41 bits per heavy atom. The Hall–Kier alpha value is -1.58. The van der Waals surface area contributed by atoms with E-state index >= 15 is 0 Å². The Balaban J connectivity index is 0.00000261. The normalized spacial score (nSPS) is 11.7. The van der Waals surface area contributed by atoms with Crippen molar-refractivity contribution in [2.75, 3.05) is 13.6 Å². The van der Waals surface area contributed by atoms with Gasteiger partial charge in [-0.25, -0.2) is 0 Å². The van der Waals surface area contributed by atoms with Crippen molar-refractivity contribution in [3.63, 3.8) is 0 Å². The predicted molar refractivity (Wildman–Crippen MR) is 108 cm³/mol. The van der Waals surface area contributed by atoms with Crippen LogP contribution >= 0.6 is 0 Å². The van der Waals surface area contributed by atoms with Crippen molar-refractivity contribution in [1.82, 2.24) is 4.90 Å². The molecule has 0 heterocycles. The summed E-state index contributed by atoms with van der Waals surface area (Å²) in [5.41, 5.74) is 3.74. The molecule has 134 valence electrons. The Bertz CT molecular complexity index is 792. The Morgan fingerprint density at radius 1 is 0.815 bits per heavy atom. The topological polar surface area (TPSA) is 12.5 Å². The number of rotatable bonds is 8. The first-order valence-electron chi connectivity index (χ1n) is 9.22. The van der Waals surface area contributed by atoms with Gasteiger partial charge in [-0.2, -0.15) is 0 Å². The summed E-state index contributed by atoms with van der Waals surface area (Å²) in [6, 6.07) is 29.4. The number of hydrogen-bond donors (Lipinski definition) is 0. The molecule has 0 saturated carbocycles. The maximum Gasteiger partial charge on any atom is 1.00 e. The number of para-hydroxylation sites is 1. The molecule has 3 aromatic carbocycles. The van der Waals surface area contributed by atoms with Gasteiger partial charge < -0.3 is 9.64 Å². The zero-order valence-corrected chi connectivity index (χ0v) is 18.6. The molecule has 0 amide bonds. The molecule has 0 unspecified atom stereocenters. The quantitative estimate of drug-likeness (QED) is 0.567. The van der Waals surface area contributed by atoms with E-state index < -0.39 is 0 Å². The number of hydrogen-bond acceptors (Lipinski definition) is 2. The van der Waals surface area contributed by atoms with E-state index in [1.54, 1.807) is 0 Å². The van der Waals surface area contributed by atoms with E-state index in [1.807, 2.05) is 12.1 Å². The van der Waals surface area contributed by atoms with Crippen LogP contribution in [0, 0.1) is 6.92 Å². The number of aryl methyl sites for hydroxylation is 1. The third-order valence-electron chi connectivity index (χ3n) is 4.60. The third kappa shape index (κ3) is 6.82. The van der Waals surface area contributed by atoms with Gasteiger partial charge >= 0.3 is 29.6 Å². The summed E-state index contributed by atoms with van der Waals surface area (Å²) in [4.78, 5) is 2.35. The standard InChI is InChI=1S/C24H27NO.Na/c1-20-11-9-10-16-23(20)26-24(22-14-7-4-8-15-22)17-18-25(2)19-21-12-5-3-6-13-21;/h3-16,24H,17-19H2,1-2H3;/q;+1/t24-;/m1./s1. The monoisotopic (exact) mass is 368 g/mol. The summed E-state index contributed by atoms with van der Waals surface area (Å²) in [7, 11) is 2.17. The van der Waals surface area contributed by atoms with Crippen LogP contribution in [0.25, 0.3) is 0 Å². The van der Waals surface area contributed by atoms with Crippen LogP contribution in [0.1, 0.15) is 29.2 Å². The van der Waals surface area contributed by atoms with E-state index in [0.717, 1.165) is 25.3 Å². The van der Waals surface area contributed by atoms with Gasteiger partial charge in [0.25, 0.3) is 0 Å².